The monoisotopic (exact) mass is 317 g/mol. The van der Waals surface area contributed by atoms with E-state index in [9.17, 15) is 4.79 Å². The van der Waals surface area contributed by atoms with Crippen molar-refractivity contribution in [1.82, 2.24) is 15.3 Å². The molecule has 21 heavy (non-hydrogen) atoms. The third-order valence-electron chi connectivity index (χ3n) is 3.06. The van der Waals surface area contributed by atoms with Crippen LogP contribution in [-0.4, -0.2) is 28.2 Å². The van der Waals surface area contributed by atoms with Crippen LogP contribution < -0.4 is 5.32 Å². The standard InChI is InChI=1S/C15H15N3OS2/c19-14(12-3-2-11-4-6-16-13(11)10-12)17-5-1-8-20-15-18-7-9-21-15/h2-4,6-7,9-10,16H,1,5,8H2,(H,17,19). The molecule has 108 valence electrons. The van der Waals surface area contributed by atoms with Gasteiger partial charge in [0.15, 0.2) is 0 Å². The van der Waals surface area contributed by atoms with Gasteiger partial charge in [-0.3, -0.25) is 4.79 Å². The largest absolute Gasteiger partial charge is 0.361 e. The average Bonchev–Trinajstić information content (AvgIpc) is 3.17. The van der Waals surface area contributed by atoms with Gasteiger partial charge in [0.05, 0.1) is 0 Å². The van der Waals surface area contributed by atoms with Crippen LogP contribution in [0.4, 0.5) is 0 Å². The van der Waals surface area contributed by atoms with Crippen molar-refractivity contribution in [2.24, 2.45) is 0 Å². The van der Waals surface area contributed by atoms with E-state index in [-0.39, 0.29) is 5.91 Å². The molecule has 6 heteroatoms. The van der Waals surface area contributed by atoms with Crippen LogP contribution in [0.5, 0.6) is 0 Å². The summed E-state index contributed by atoms with van der Waals surface area (Å²) in [6.45, 7) is 0.681. The molecule has 2 N–H and O–H groups in total. The molecule has 0 atom stereocenters. The highest BCUT2D eigenvalue weighted by molar-refractivity contribution is 8.00. The van der Waals surface area contributed by atoms with E-state index in [4.69, 9.17) is 0 Å². The maximum atomic E-state index is 12.1. The van der Waals surface area contributed by atoms with Crippen LogP contribution in [0, 0.1) is 0 Å². The van der Waals surface area contributed by atoms with Gasteiger partial charge in [-0.15, -0.1) is 11.3 Å². The van der Waals surface area contributed by atoms with E-state index in [1.807, 2.05) is 42.0 Å². The Morgan fingerprint density at radius 2 is 2.33 bits per heavy atom. The summed E-state index contributed by atoms with van der Waals surface area (Å²) >= 11 is 3.38. The Hall–Kier alpha value is -1.79. The van der Waals surface area contributed by atoms with Crippen molar-refractivity contribution in [3.05, 3.63) is 47.6 Å². The fourth-order valence-corrected chi connectivity index (χ4v) is 3.65. The summed E-state index contributed by atoms with van der Waals surface area (Å²) < 4.78 is 1.08. The number of carbonyl (C=O) groups is 1. The van der Waals surface area contributed by atoms with Crippen molar-refractivity contribution < 1.29 is 4.79 Å². The molecule has 0 radical (unpaired) electrons. The third-order valence-corrected chi connectivity index (χ3v) is 5.11. The number of aromatic amines is 1. The SMILES string of the molecule is O=C(NCCCSc1nccs1)c1ccc2cc[nH]c2c1. The van der Waals surface area contributed by atoms with Crippen molar-refractivity contribution in [2.75, 3.05) is 12.3 Å². The van der Waals surface area contributed by atoms with Crippen LogP contribution in [0.25, 0.3) is 10.9 Å². The van der Waals surface area contributed by atoms with E-state index in [0.717, 1.165) is 27.4 Å². The highest BCUT2D eigenvalue weighted by Crippen LogP contribution is 2.20. The first kappa shape index (κ1) is 14.2. The van der Waals surface area contributed by atoms with Gasteiger partial charge in [0.2, 0.25) is 0 Å². The minimum Gasteiger partial charge on any atom is -0.361 e. The second-order valence-corrected chi connectivity index (χ2v) is 6.77. The van der Waals surface area contributed by atoms with Gasteiger partial charge in [-0.1, -0.05) is 17.8 Å². The number of fused-ring (bicyclic) bond motifs is 1. The number of nitrogens with one attached hydrogen (secondary N) is 2. The molecule has 1 aromatic carbocycles. The minimum absolute atomic E-state index is 0.0225. The molecule has 4 nitrogen and oxygen atoms in total. The molecule has 0 spiro atoms. The number of amides is 1. The molecule has 2 aromatic heterocycles. The fraction of sp³-hybridized carbons (Fsp3) is 0.200. The highest BCUT2D eigenvalue weighted by atomic mass is 32.2. The molecule has 0 fully saturated rings. The Morgan fingerprint density at radius 1 is 1.38 bits per heavy atom. The van der Waals surface area contributed by atoms with Crippen LogP contribution in [0.2, 0.25) is 0 Å². The molecular weight excluding hydrogens is 302 g/mol. The Morgan fingerprint density at radius 3 is 3.19 bits per heavy atom. The molecule has 3 aromatic rings. The Bertz CT molecular complexity index is 721. The van der Waals surface area contributed by atoms with Crippen LogP contribution in [-0.2, 0) is 0 Å². The van der Waals surface area contributed by atoms with Gasteiger partial charge in [-0.2, -0.15) is 0 Å². The zero-order chi connectivity index (χ0) is 14.5. The van der Waals surface area contributed by atoms with E-state index >= 15 is 0 Å². The second kappa shape index (κ2) is 6.78. The first-order chi connectivity index (χ1) is 10.3. The van der Waals surface area contributed by atoms with Gasteiger partial charge >= 0.3 is 0 Å². The summed E-state index contributed by atoms with van der Waals surface area (Å²) in [6.07, 6.45) is 4.62. The van der Waals surface area contributed by atoms with Crippen molar-refractivity contribution in [3.63, 3.8) is 0 Å². The average molecular weight is 317 g/mol. The third kappa shape index (κ3) is 3.65. The molecule has 0 unspecified atom stereocenters. The number of hydrogen-bond acceptors (Lipinski definition) is 4. The second-order valence-electron chi connectivity index (χ2n) is 4.54. The van der Waals surface area contributed by atoms with Crippen molar-refractivity contribution in [1.29, 1.82) is 0 Å². The molecule has 0 saturated heterocycles. The lowest BCUT2D eigenvalue weighted by Crippen LogP contribution is -2.24. The number of rotatable bonds is 6. The lowest BCUT2D eigenvalue weighted by atomic mass is 10.1. The number of thioether (sulfide) groups is 1. The summed E-state index contributed by atoms with van der Waals surface area (Å²) in [5.74, 6) is 0.939. The van der Waals surface area contributed by atoms with E-state index in [2.05, 4.69) is 15.3 Å². The summed E-state index contributed by atoms with van der Waals surface area (Å²) in [5.41, 5.74) is 1.68. The lowest BCUT2D eigenvalue weighted by Gasteiger charge is -2.05. The summed E-state index contributed by atoms with van der Waals surface area (Å²) in [6, 6.07) is 7.69. The maximum Gasteiger partial charge on any atom is 0.251 e. The minimum atomic E-state index is -0.0225. The van der Waals surface area contributed by atoms with E-state index in [1.54, 1.807) is 23.1 Å². The van der Waals surface area contributed by atoms with Crippen molar-refractivity contribution >= 4 is 39.9 Å². The summed E-state index contributed by atoms with van der Waals surface area (Å²) in [5, 5.41) is 6.04. The Balaban J connectivity index is 1.45. The molecule has 1 amide bonds. The molecule has 2 heterocycles. The predicted octanol–water partition coefficient (Wildman–Crippen LogP) is 3.54. The fourth-order valence-electron chi connectivity index (χ4n) is 2.01. The van der Waals surface area contributed by atoms with Gasteiger partial charge < -0.3 is 10.3 Å². The number of H-pyrrole nitrogens is 1. The quantitative estimate of drug-likeness (QED) is 0.540. The smallest absolute Gasteiger partial charge is 0.251 e. The summed E-state index contributed by atoms with van der Waals surface area (Å²) in [4.78, 5) is 19.4. The molecule has 3 rings (SSSR count). The molecule has 0 aliphatic rings. The highest BCUT2D eigenvalue weighted by Gasteiger charge is 2.06. The van der Waals surface area contributed by atoms with Crippen LogP contribution >= 0.6 is 23.1 Å². The number of carbonyl (C=O) groups excluding carboxylic acids is 1. The maximum absolute atomic E-state index is 12.1. The van der Waals surface area contributed by atoms with E-state index < -0.39 is 0 Å². The molecule has 0 saturated carbocycles. The van der Waals surface area contributed by atoms with E-state index in [1.165, 1.54) is 0 Å². The van der Waals surface area contributed by atoms with Gasteiger partial charge in [0.25, 0.3) is 5.91 Å². The van der Waals surface area contributed by atoms with Crippen LogP contribution in [0.15, 0.2) is 46.4 Å². The van der Waals surface area contributed by atoms with E-state index in [0.29, 0.717) is 12.1 Å². The number of aromatic nitrogens is 2. The number of nitrogens with zero attached hydrogens (tertiary/aromatic N) is 1. The van der Waals surface area contributed by atoms with Gasteiger partial charge in [-0.25, -0.2) is 4.98 Å². The summed E-state index contributed by atoms with van der Waals surface area (Å²) in [7, 11) is 0. The topological polar surface area (TPSA) is 57.8 Å². The van der Waals surface area contributed by atoms with Crippen LogP contribution in [0.1, 0.15) is 16.8 Å². The number of hydrogen-bond donors (Lipinski definition) is 2. The zero-order valence-corrected chi connectivity index (χ0v) is 13.0. The van der Waals surface area contributed by atoms with Crippen LogP contribution in [0.3, 0.4) is 0 Å². The first-order valence-corrected chi connectivity index (χ1v) is 8.57. The van der Waals surface area contributed by atoms with Crippen molar-refractivity contribution in [2.45, 2.75) is 10.8 Å². The Kier molecular flexibility index (Phi) is 4.57. The lowest BCUT2D eigenvalue weighted by molar-refractivity contribution is 0.0954. The molecule has 0 bridgehead atoms. The van der Waals surface area contributed by atoms with Gasteiger partial charge in [-0.05, 0) is 30.0 Å². The molecule has 0 aliphatic carbocycles. The number of benzene rings is 1. The van der Waals surface area contributed by atoms with Gasteiger partial charge in [0, 0.05) is 41.2 Å². The Labute approximate surface area is 131 Å². The van der Waals surface area contributed by atoms with Gasteiger partial charge in [0.1, 0.15) is 4.34 Å². The molecular formula is C15H15N3OS2. The predicted molar refractivity (Wildman–Crippen MR) is 88.1 cm³/mol. The molecule has 0 aliphatic heterocycles. The zero-order valence-electron chi connectivity index (χ0n) is 11.3. The van der Waals surface area contributed by atoms with Crippen molar-refractivity contribution in [3.8, 4) is 0 Å². The number of thiazole rings is 1. The first-order valence-electron chi connectivity index (χ1n) is 6.70. The normalized spacial score (nSPS) is 10.9.